The average Bonchev–Trinajstić information content (AvgIpc) is 2.71. The number of hydrogen-bond donors (Lipinski definition) is 2. The Hall–Kier alpha value is -2.42. The predicted molar refractivity (Wildman–Crippen MR) is 107 cm³/mol. The van der Waals surface area contributed by atoms with Crippen LogP contribution in [0.2, 0.25) is 0 Å². The first kappa shape index (κ1) is 20.3. The van der Waals surface area contributed by atoms with Gasteiger partial charge in [0.05, 0.1) is 43.4 Å². The molecule has 0 saturated carbocycles. The lowest BCUT2D eigenvalue weighted by atomic mass is 10.3. The van der Waals surface area contributed by atoms with Gasteiger partial charge >= 0.3 is 0 Å². The molecule has 150 valence electrons. The van der Waals surface area contributed by atoms with E-state index in [-0.39, 0.29) is 5.91 Å². The zero-order chi connectivity index (χ0) is 20.0. The Morgan fingerprint density at radius 1 is 1.07 bits per heavy atom. The van der Waals surface area contributed by atoms with Crippen LogP contribution in [0.15, 0.2) is 59.5 Å². The summed E-state index contributed by atoms with van der Waals surface area (Å²) in [5, 5.41) is 2.89. The van der Waals surface area contributed by atoms with E-state index in [1.165, 1.54) is 4.31 Å². The molecule has 0 spiro atoms. The molecular weight excluding hydrogens is 378 g/mol. The topological polar surface area (TPSA) is 80.2 Å². The van der Waals surface area contributed by atoms with Crippen molar-refractivity contribution in [2.75, 3.05) is 44.6 Å². The fraction of sp³-hybridized carbons (Fsp3) is 0.350. The molecule has 0 atom stereocenters. The van der Waals surface area contributed by atoms with Crippen molar-refractivity contribution in [3.8, 4) is 5.75 Å². The molecule has 0 aromatic heterocycles. The summed E-state index contributed by atoms with van der Waals surface area (Å²) in [4.78, 5) is 13.8. The van der Waals surface area contributed by atoms with Gasteiger partial charge in [-0.1, -0.05) is 30.3 Å². The fourth-order valence-corrected chi connectivity index (χ4v) is 4.70. The lowest BCUT2D eigenvalue weighted by molar-refractivity contribution is -0.895. The van der Waals surface area contributed by atoms with Crippen molar-refractivity contribution in [2.24, 2.45) is 0 Å². The number of rotatable bonds is 7. The Labute approximate surface area is 166 Å². The summed E-state index contributed by atoms with van der Waals surface area (Å²) in [5.74, 6) is 0.536. The van der Waals surface area contributed by atoms with Crippen LogP contribution >= 0.6 is 0 Å². The number of piperazine rings is 1. The summed E-state index contributed by atoms with van der Waals surface area (Å²) in [6, 6.07) is 15.8. The van der Waals surface area contributed by atoms with E-state index >= 15 is 0 Å². The number of carbonyl (C=O) groups is 1. The highest BCUT2D eigenvalue weighted by Crippen LogP contribution is 2.23. The van der Waals surface area contributed by atoms with Gasteiger partial charge in [0.1, 0.15) is 5.75 Å². The van der Waals surface area contributed by atoms with Crippen molar-refractivity contribution in [3.05, 3.63) is 54.6 Å². The Morgan fingerprint density at radius 2 is 1.71 bits per heavy atom. The SMILES string of the molecule is CCOc1ccccc1NC(=O)C[NH+]1CCN(S(=O)(=O)c2ccccc2)CC1. The maximum absolute atomic E-state index is 12.7. The molecule has 0 bridgehead atoms. The molecule has 1 heterocycles. The number of anilines is 1. The molecular formula is C20H26N3O4S+. The summed E-state index contributed by atoms with van der Waals surface area (Å²) in [6.45, 7) is 4.69. The van der Waals surface area contributed by atoms with Gasteiger partial charge in [0, 0.05) is 0 Å². The van der Waals surface area contributed by atoms with Crippen LogP contribution < -0.4 is 15.0 Å². The maximum Gasteiger partial charge on any atom is 0.279 e. The van der Waals surface area contributed by atoms with Crippen LogP contribution in [0.1, 0.15) is 6.92 Å². The molecule has 2 aromatic rings. The van der Waals surface area contributed by atoms with Crippen molar-refractivity contribution in [2.45, 2.75) is 11.8 Å². The minimum Gasteiger partial charge on any atom is -0.492 e. The lowest BCUT2D eigenvalue weighted by Crippen LogP contribution is -3.15. The van der Waals surface area contributed by atoms with Gasteiger partial charge in [-0.05, 0) is 31.2 Å². The van der Waals surface area contributed by atoms with Crippen molar-refractivity contribution in [1.29, 1.82) is 0 Å². The van der Waals surface area contributed by atoms with Crippen LogP contribution in [0.3, 0.4) is 0 Å². The largest absolute Gasteiger partial charge is 0.492 e. The number of para-hydroxylation sites is 2. The van der Waals surface area contributed by atoms with E-state index < -0.39 is 10.0 Å². The number of nitrogens with one attached hydrogen (secondary N) is 2. The fourth-order valence-electron chi connectivity index (χ4n) is 3.23. The highest BCUT2D eigenvalue weighted by atomic mass is 32.2. The van der Waals surface area contributed by atoms with E-state index in [2.05, 4.69) is 5.32 Å². The summed E-state index contributed by atoms with van der Waals surface area (Å²) in [6.07, 6.45) is 0. The molecule has 1 fully saturated rings. The second-order valence-corrected chi connectivity index (χ2v) is 8.56. The number of carbonyl (C=O) groups excluding carboxylic acids is 1. The lowest BCUT2D eigenvalue weighted by Gasteiger charge is -2.31. The number of hydrogen-bond acceptors (Lipinski definition) is 4. The van der Waals surface area contributed by atoms with Gasteiger partial charge in [-0.2, -0.15) is 4.31 Å². The first-order valence-electron chi connectivity index (χ1n) is 9.41. The highest BCUT2D eigenvalue weighted by Gasteiger charge is 2.31. The second-order valence-electron chi connectivity index (χ2n) is 6.62. The summed E-state index contributed by atoms with van der Waals surface area (Å²) in [7, 11) is -3.47. The van der Waals surface area contributed by atoms with Crippen molar-refractivity contribution in [3.63, 3.8) is 0 Å². The van der Waals surface area contributed by atoms with Gasteiger partial charge in [0.2, 0.25) is 10.0 Å². The van der Waals surface area contributed by atoms with Gasteiger partial charge in [-0.25, -0.2) is 8.42 Å². The van der Waals surface area contributed by atoms with Crippen molar-refractivity contribution in [1.82, 2.24) is 4.31 Å². The molecule has 1 aliphatic rings. The number of sulfonamides is 1. The number of nitrogens with zero attached hydrogens (tertiary/aromatic N) is 1. The number of amides is 1. The van der Waals surface area contributed by atoms with E-state index in [1.54, 1.807) is 30.3 Å². The highest BCUT2D eigenvalue weighted by molar-refractivity contribution is 7.89. The van der Waals surface area contributed by atoms with Crippen molar-refractivity contribution >= 4 is 21.6 Å². The van der Waals surface area contributed by atoms with Crippen LogP contribution in [0.5, 0.6) is 5.75 Å². The van der Waals surface area contributed by atoms with Crippen LogP contribution in [-0.2, 0) is 14.8 Å². The first-order chi connectivity index (χ1) is 13.5. The maximum atomic E-state index is 12.7. The third kappa shape index (κ3) is 4.89. The second kappa shape index (κ2) is 9.18. The Morgan fingerprint density at radius 3 is 2.39 bits per heavy atom. The van der Waals surface area contributed by atoms with Gasteiger partial charge in [-0.15, -0.1) is 0 Å². The number of benzene rings is 2. The monoisotopic (exact) mass is 404 g/mol. The van der Waals surface area contributed by atoms with Gasteiger partial charge in [0.15, 0.2) is 6.54 Å². The standard InChI is InChI=1S/C20H25N3O4S/c1-2-27-19-11-7-6-10-18(19)21-20(24)16-22-12-14-23(15-13-22)28(25,26)17-8-4-3-5-9-17/h3-11H,2,12-16H2,1H3,(H,21,24)/p+1. The average molecular weight is 405 g/mol. The van der Waals surface area contributed by atoms with Crippen LogP contribution in [0.4, 0.5) is 5.69 Å². The van der Waals surface area contributed by atoms with E-state index in [1.807, 2.05) is 31.2 Å². The molecule has 1 amide bonds. The van der Waals surface area contributed by atoms with Gasteiger partial charge < -0.3 is 15.0 Å². The van der Waals surface area contributed by atoms with E-state index in [9.17, 15) is 13.2 Å². The molecule has 0 aliphatic carbocycles. The number of ether oxygens (including phenoxy) is 1. The molecule has 1 saturated heterocycles. The zero-order valence-electron chi connectivity index (χ0n) is 15.9. The van der Waals surface area contributed by atoms with Crippen LogP contribution in [0, 0.1) is 0 Å². The minimum absolute atomic E-state index is 0.110. The van der Waals surface area contributed by atoms with Crippen molar-refractivity contribution < 1.29 is 22.8 Å². The third-order valence-corrected chi connectivity index (χ3v) is 6.59. The normalized spacial score (nSPS) is 15.9. The third-order valence-electron chi connectivity index (χ3n) is 4.68. The molecule has 2 aromatic carbocycles. The van der Waals surface area contributed by atoms with E-state index in [4.69, 9.17) is 4.74 Å². The molecule has 7 nitrogen and oxygen atoms in total. The minimum atomic E-state index is -3.47. The van der Waals surface area contributed by atoms with Gasteiger partial charge in [0.25, 0.3) is 5.91 Å². The molecule has 0 radical (unpaired) electrons. The first-order valence-corrected chi connectivity index (χ1v) is 10.8. The molecule has 0 unspecified atom stereocenters. The summed E-state index contributed by atoms with van der Waals surface area (Å²) >= 11 is 0. The predicted octanol–water partition coefficient (Wildman–Crippen LogP) is 0.613. The van der Waals surface area contributed by atoms with Crippen LogP contribution in [-0.4, -0.2) is 58.0 Å². The molecule has 2 N–H and O–H groups in total. The molecule has 28 heavy (non-hydrogen) atoms. The molecule has 1 aliphatic heterocycles. The number of quaternary nitrogens is 1. The Kier molecular flexibility index (Phi) is 6.66. The summed E-state index contributed by atoms with van der Waals surface area (Å²) in [5.41, 5.74) is 0.652. The quantitative estimate of drug-likeness (QED) is 0.709. The molecule has 3 rings (SSSR count). The Bertz CT molecular complexity index is 895. The van der Waals surface area contributed by atoms with E-state index in [0.717, 1.165) is 4.90 Å². The van der Waals surface area contributed by atoms with E-state index in [0.29, 0.717) is 55.7 Å². The zero-order valence-corrected chi connectivity index (χ0v) is 16.7. The smallest absolute Gasteiger partial charge is 0.279 e. The summed E-state index contributed by atoms with van der Waals surface area (Å²) < 4.78 is 32.4. The van der Waals surface area contributed by atoms with Crippen LogP contribution in [0.25, 0.3) is 0 Å². The van der Waals surface area contributed by atoms with Gasteiger partial charge in [-0.3, -0.25) is 4.79 Å². The molecule has 8 heteroatoms. The Balaban J connectivity index is 1.54.